The standard InChI is InChI=1S/C21H30N2O3/c1-2-7-16-8-5-13-22(15-12-16)21(26)18-10-6-14-23(18)20(25)17-9-3-4-11-19(17)24/h3-4,9,11,16,18,24H,2,5-8,10,12-15H2,1H3/t16-,18-/m0/s1. The molecular formula is C21H30N2O3. The lowest BCUT2D eigenvalue weighted by atomic mass is 9.96. The number of aromatic hydroxyl groups is 1. The predicted molar refractivity (Wildman–Crippen MR) is 101 cm³/mol. The molecule has 0 unspecified atom stereocenters. The lowest BCUT2D eigenvalue weighted by Crippen LogP contribution is -2.48. The second-order valence-electron chi connectivity index (χ2n) is 7.58. The van der Waals surface area contributed by atoms with Crippen LogP contribution in [0.4, 0.5) is 0 Å². The van der Waals surface area contributed by atoms with E-state index < -0.39 is 0 Å². The number of phenolic OH excluding ortho intramolecular Hbond substituents is 1. The molecule has 2 saturated heterocycles. The van der Waals surface area contributed by atoms with Crippen molar-refractivity contribution in [2.45, 2.75) is 57.9 Å². The van der Waals surface area contributed by atoms with Crippen LogP contribution >= 0.6 is 0 Å². The van der Waals surface area contributed by atoms with Gasteiger partial charge in [0.15, 0.2) is 0 Å². The Kier molecular flexibility index (Phi) is 6.17. The van der Waals surface area contributed by atoms with Crippen LogP contribution in [0.1, 0.15) is 62.2 Å². The first-order valence-electron chi connectivity index (χ1n) is 9.99. The first-order chi connectivity index (χ1) is 12.6. The highest BCUT2D eigenvalue weighted by Gasteiger charge is 2.37. The fourth-order valence-electron chi connectivity index (χ4n) is 4.37. The van der Waals surface area contributed by atoms with Crippen LogP contribution in [0.15, 0.2) is 24.3 Å². The van der Waals surface area contributed by atoms with Crippen LogP contribution in [0.2, 0.25) is 0 Å². The first-order valence-corrected chi connectivity index (χ1v) is 9.99. The van der Waals surface area contributed by atoms with Crippen molar-refractivity contribution in [1.82, 2.24) is 9.80 Å². The third-order valence-corrected chi connectivity index (χ3v) is 5.79. The Morgan fingerprint density at radius 3 is 2.62 bits per heavy atom. The summed E-state index contributed by atoms with van der Waals surface area (Å²) in [6.07, 6.45) is 7.31. The average Bonchev–Trinajstić information content (AvgIpc) is 3.02. The number of carbonyl (C=O) groups is 2. The van der Waals surface area contributed by atoms with Gasteiger partial charge < -0.3 is 14.9 Å². The second-order valence-corrected chi connectivity index (χ2v) is 7.58. The Morgan fingerprint density at radius 2 is 1.85 bits per heavy atom. The molecule has 0 saturated carbocycles. The molecule has 5 nitrogen and oxygen atoms in total. The minimum Gasteiger partial charge on any atom is -0.507 e. The maximum atomic E-state index is 13.1. The third-order valence-electron chi connectivity index (χ3n) is 5.79. The molecular weight excluding hydrogens is 328 g/mol. The van der Waals surface area contributed by atoms with Crippen molar-refractivity contribution < 1.29 is 14.7 Å². The van der Waals surface area contributed by atoms with Gasteiger partial charge in [-0.25, -0.2) is 0 Å². The lowest BCUT2D eigenvalue weighted by molar-refractivity contribution is -0.135. The SMILES string of the molecule is CCC[C@H]1CCCN(C(=O)[C@@H]2CCCN2C(=O)c2ccccc2O)CC1. The van der Waals surface area contributed by atoms with Crippen molar-refractivity contribution in [3.05, 3.63) is 29.8 Å². The summed E-state index contributed by atoms with van der Waals surface area (Å²) >= 11 is 0. The Morgan fingerprint density at radius 1 is 1.08 bits per heavy atom. The van der Waals surface area contributed by atoms with Crippen LogP contribution in [0.5, 0.6) is 5.75 Å². The summed E-state index contributed by atoms with van der Waals surface area (Å²) in [5.74, 6) is 0.550. The van der Waals surface area contributed by atoms with Gasteiger partial charge in [0.1, 0.15) is 11.8 Å². The van der Waals surface area contributed by atoms with Crippen LogP contribution in [-0.2, 0) is 4.79 Å². The van der Waals surface area contributed by atoms with Gasteiger partial charge in [0.25, 0.3) is 5.91 Å². The highest BCUT2D eigenvalue weighted by Crippen LogP contribution is 2.27. The monoisotopic (exact) mass is 358 g/mol. The van der Waals surface area contributed by atoms with Crippen LogP contribution in [-0.4, -0.2) is 52.4 Å². The molecule has 1 N–H and O–H groups in total. The number of phenols is 1. The molecule has 5 heteroatoms. The normalized spacial score (nSPS) is 23.7. The highest BCUT2D eigenvalue weighted by atomic mass is 16.3. The summed E-state index contributed by atoms with van der Waals surface area (Å²) in [5, 5.41) is 9.99. The van der Waals surface area contributed by atoms with E-state index in [1.54, 1.807) is 23.1 Å². The summed E-state index contributed by atoms with van der Waals surface area (Å²) in [7, 11) is 0. The molecule has 2 aliphatic heterocycles. The Hall–Kier alpha value is -2.04. The number of nitrogens with zero attached hydrogens (tertiary/aromatic N) is 2. The Bertz CT molecular complexity index is 646. The predicted octanol–water partition coefficient (Wildman–Crippen LogP) is 3.43. The Labute approximate surface area is 156 Å². The van der Waals surface area contributed by atoms with Crippen LogP contribution in [0.3, 0.4) is 0 Å². The molecule has 142 valence electrons. The van der Waals surface area contributed by atoms with E-state index in [9.17, 15) is 14.7 Å². The van der Waals surface area contributed by atoms with Crippen LogP contribution in [0.25, 0.3) is 0 Å². The summed E-state index contributed by atoms with van der Waals surface area (Å²) in [4.78, 5) is 29.6. The van der Waals surface area contributed by atoms with Gasteiger partial charge in [0.2, 0.25) is 5.91 Å². The van der Waals surface area contributed by atoms with E-state index >= 15 is 0 Å². The van der Waals surface area contributed by atoms with Gasteiger partial charge in [-0.2, -0.15) is 0 Å². The quantitative estimate of drug-likeness (QED) is 0.897. The largest absolute Gasteiger partial charge is 0.507 e. The van der Waals surface area contributed by atoms with E-state index in [0.717, 1.165) is 38.3 Å². The van der Waals surface area contributed by atoms with Gasteiger partial charge in [-0.3, -0.25) is 9.59 Å². The molecule has 3 rings (SSSR count). The third kappa shape index (κ3) is 4.02. The van der Waals surface area contributed by atoms with E-state index in [2.05, 4.69) is 6.92 Å². The number of amides is 2. The van der Waals surface area contributed by atoms with Crippen molar-refractivity contribution in [3.8, 4) is 5.75 Å². The zero-order chi connectivity index (χ0) is 18.5. The van der Waals surface area contributed by atoms with Gasteiger partial charge >= 0.3 is 0 Å². The maximum absolute atomic E-state index is 13.1. The summed E-state index contributed by atoms with van der Waals surface area (Å²) in [6, 6.07) is 6.19. The molecule has 2 aliphatic rings. The Balaban J connectivity index is 1.68. The smallest absolute Gasteiger partial charge is 0.258 e. The van der Waals surface area contributed by atoms with Gasteiger partial charge in [0, 0.05) is 19.6 Å². The van der Waals surface area contributed by atoms with Gasteiger partial charge in [-0.1, -0.05) is 31.9 Å². The molecule has 0 bridgehead atoms. The second kappa shape index (κ2) is 8.56. The minimum atomic E-state index is -0.384. The zero-order valence-corrected chi connectivity index (χ0v) is 15.7. The topological polar surface area (TPSA) is 60.9 Å². The molecule has 26 heavy (non-hydrogen) atoms. The van der Waals surface area contributed by atoms with E-state index in [1.165, 1.54) is 25.3 Å². The van der Waals surface area contributed by atoms with Gasteiger partial charge in [-0.05, 0) is 50.2 Å². The molecule has 1 aromatic carbocycles. The van der Waals surface area contributed by atoms with Crippen molar-refractivity contribution >= 4 is 11.8 Å². The molecule has 2 fully saturated rings. The first kappa shape index (κ1) is 18.7. The van der Waals surface area contributed by atoms with Crippen LogP contribution < -0.4 is 0 Å². The van der Waals surface area contributed by atoms with Crippen molar-refractivity contribution in [2.24, 2.45) is 5.92 Å². The molecule has 2 amide bonds. The molecule has 0 radical (unpaired) electrons. The number of rotatable bonds is 4. The van der Waals surface area contributed by atoms with Crippen molar-refractivity contribution in [2.75, 3.05) is 19.6 Å². The molecule has 0 spiro atoms. The van der Waals surface area contributed by atoms with Gasteiger partial charge in [-0.15, -0.1) is 0 Å². The summed E-state index contributed by atoms with van der Waals surface area (Å²) in [6.45, 7) is 4.40. The minimum absolute atomic E-state index is 0.0206. The number of hydrogen-bond donors (Lipinski definition) is 1. The van der Waals surface area contributed by atoms with Crippen LogP contribution in [0, 0.1) is 5.92 Å². The van der Waals surface area contributed by atoms with E-state index in [-0.39, 0.29) is 29.2 Å². The van der Waals surface area contributed by atoms with E-state index in [0.29, 0.717) is 13.0 Å². The maximum Gasteiger partial charge on any atom is 0.258 e. The molecule has 0 aromatic heterocycles. The average molecular weight is 358 g/mol. The molecule has 2 heterocycles. The molecule has 1 aromatic rings. The number of likely N-dealkylation sites (tertiary alicyclic amines) is 2. The molecule has 2 atom stereocenters. The summed E-state index contributed by atoms with van der Waals surface area (Å²) in [5.41, 5.74) is 0.283. The number of para-hydroxylation sites is 1. The summed E-state index contributed by atoms with van der Waals surface area (Å²) < 4.78 is 0. The lowest BCUT2D eigenvalue weighted by Gasteiger charge is -2.30. The van der Waals surface area contributed by atoms with E-state index in [4.69, 9.17) is 0 Å². The number of carbonyl (C=O) groups excluding carboxylic acids is 2. The fraction of sp³-hybridized carbons (Fsp3) is 0.619. The highest BCUT2D eigenvalue weighted by molar-refractivity contribution is 5.99. The zero-order valence-electron chi connectivity index (χ0n) is 15.7. The fourth-order valence-corrected chi connectivity index (χ4v) is 4.37. The van der Waals surface area contributed by atoms with Gasteiger partial charge in [0.05, 0.1) is 5.56 Å². The van der Waals surface area contributed by atoms with Crippen molar-refractivity contribution in [3.63, 3.8) is 0 Å². The number of benzene rings is 1. The molecule has 0 aliphatic carbocycles. The van der Waals surface area contributed by atoms with Crippen molar-refractivity contribution in [1.29, 1.82) is 0 Å². The number of hydrogen-bond acceptors (Lipinski definition) is 3. The van der Waals surface area contributed by atoms with E-state index in [1.807, 2.05) is 4.90 Å².